The molecular formula is C30H33F3O2. The molecule has 1 fully saturated rings. The molecule has 0 unspecified atom stereocenters. The van der Waals surface area contributed by atoms with E-state index in [-0.39, 0.29) is 17.8 Å². The average Bonchev–Trinajstić information content (AvgIpc) is 2.87. The van der Waals surface area contributed by atoms with Crippen molar-refractivity contribution in [1.29, 1.82) is 0 Å². The summed E-state index contributed by atoms with van der Waals surface area (Å²) in [6, 6.07) is 15.9. The van der Waals surface area contributed by atoms with Gasteiger partial charge in [-0.2, -0.15) is 0 Å². The zero-order valence-corrected chi connectivity index (χ0v) is 20.5. The Hall–Kier alpha value is -2.79. The minimum Gasteiger partial charge on any atom is -0.494 e. The maximum absolute atomic E-state index is 14.9. The van der Waals surface area contributed by atoms with Crippen molar-refractivity contribution in [2.75, 3.05) is 13.2 Å². The highest BCUT2D eigenvalue weighted by molar-refractivity contribution is 5.65. The fourth-order valence-electron chi connectivity index (χ4n) is 5.01. The first kappa shape index (κ1) is 25.3. The second-order valence-corrected chi connectivity index (χ2v) is 9.14. The molecule has 5 heteroatoms. The standard InChI is InChI=1S/C30H33F3O2/c1-3-34-24-14-11-22(12-15-24)27-17-13-23(29(32)30(27)33)10-7-20-5-8-21(9-6-20)26-18-16-25(35-4-2)19-28(26)31/h5-6,8-9,13,16-19,22,24H,3-4,7,10-12,14-15H2,1-2H3. The molecule has 0 N–H and O–H groups in total. The normalized spacial score (nSPS) is 18.0. The van der Waals surface area contributed by atoms with Crippen molar-refractivity contribution in [1.82, 2.24) is 0 Å². The fourth-order valence-corrected chi connectivity index (χ4v) is 5.01. The van der Waals surface area contributed by atoms with Gasteiger partial charge in [0.2, 0.25) is 0 Å². The van der Waals surface area contributed by atoms with Crippen LogP contribution in [0.4, 0.5) is 13.2 Å². The number of benzene rings is 3. The Labute approximate surface area is 206 Å². The summed E-state index contributed by atoms with van der Waals surface area (Å²) in [6.45, 7) is 5.01. The largest absolute Gasteiger partial charge is 0.494 e. The first-order valence-electron chi connectivity index (χ1n) is 12.6. The predicted octanol–water partition coefficient (Wildman–Crippen LogP) is 8.02. The zero-order chi connectivity index (χ0) is 24.8. The average molecular weight is 483 g/mol. The molecular weight excluding hydrogens is 449 g/mol. The van der Waals surface area contributed by atoms with Crippen LogP contribution >= 0.6 is 0 Å². The fraction of sp³-hybridized carbons (Fsp3) is 0.400. The predicted molar refractivity (Wildman–Crippen MR) is 133 cm³/mol. The topological polar surface area (TPSA) is 18.5 Å². The summed E-state index contributed by atoms with van der Waals surface area (Å²) in [5, 5.41) is 0. The monoisotopic (exact) mass is 482 g/mol. The van der Waals surface area contributed by atoms with Gasteiger partial charge in [-0.05, 0) is 92.7 Å². The highest BCUT2D eigenvalue weighted by Crippen LogP contribution is 2.36. The molecule has 0 bridgehead atoms. The van der Waals surface area contributed by atoms with Gasteiger partial charge in [-0.15, -0.1) is 0 Å². The number of aryl methyl sites for hydroxylation is 2. The molecule has 0 spiro atoms. The van der Waals surface area contributed by atoms with Crippen LogP contribution in [0.2, 0.25) is 0 Å². The van der Waals surface area contributed by atoms with Gasteiger partial charge in [0.05, 0.1) is 12.7 Å². The van der Waals surface area contributed by atoms with Crippen LogP contribution in [0.25, 0.3) is 11.1 Å². The van der Waals surface area contributed by atoms with E-state index in [0.29, 0.717) is 48.5 Å². The molecule has 1 saturated carbocycles. The van der Waals surface area contributed by atoms with Gasteiger partial charge in [-0.25, -0.2) is 13.2 Å². The van der Waals surface area contributed by atoms with Crippen LogP contribution in [0, 0.1) is 17.5 Å². The third-order valence-corrected chi connectivity index (χ3v) is 6.91. The molecule has 3 aromatic carbocycles. The molecule has 2 nitrogen and oxygen atoms in total. The van der Waals surface area contributed by atoms with E-state index in [1.165, 1.54) is 6.07 Å². The summed E-state index contributed by atoms with van der Waals surface area (Å²) in [6.07, 6.45) is 4.62. The smallest absolute Gasteiger partial charge is 0.162 e. The van der Waals surface area contributed by atoms with Gasteiger partial charge in [0.15, 0.2) is 11.6 Å². The van der Waals surface area contributed by atoms with Gasteiger partial charge in [0.25, 0.3) is 0 Å². The summed E-state index contributed by atoms with van der Waals surface area (Å²) >= 11 is 0. The number of hydrogen-bond acceptors (Lipinski definition) is 2. The number of hydrogen-bond donors (Lipinski definition) is 0. The van der Waals surface area contributed by atoms with E-state index in [2.05, 4.69) is 0 Å². The van der Waals surface area contributed by atoms with Crippen LogP contribution in [0.5, 0.6) is 5.75 Å². The van der Waals surface area contributed by atoms with E-state index >= 15 is 0 Å². The Morgan fingerprint density at radius 3 is 2.17 bits per heavy atom. The molecule has 4 rings (SSSR count). The van der Waals surface area contributed by atoms with Gasteiger partial charge >= 0.3 is 0 Å². The quantitative estimate of drug-likeness (QED) is 0.307. The van der Waals surface area contributed by atoms with Crippen LogP contribution in [0.1, 0.15) is 62.1 Å². The molecule has 1 aliphatic carbocycles. The van der Waals surface area contributed by atoms with E-state index in [0.717, 1.165) is 36.8 Å². The van der Waals surface area contributed by atoms with Crippen molar-refractivity contribution in [3.05, 3.63) is 88.7 Å². The highest BCUT2D eigenvalue weighted by Gasteiger charge is 2.26. The van der Waals surface area contributed by atoms with Crippen LogP contribution in [0.3, 0.4) is 0 Å². The molecule has 0 aromatic heterocycles. The van der Waals surface area contributed by atoms with E-state index in [1.807, 2.05) is 38.1 Å². The van der Waals surface area contributed by atoms with Crippen molar-refractivity contribution in [2.45, 2.75) is 64.4 Å². The van der Waals surface area contributed by atoms with E-state index in [9.17, 15) is 13.2 Å². The lowest BCUT2D eigenvalue weighted by Crippen LogP contribution is -2.21. The zero-order valence-electron chi connectivity index (χ0n) is 20.5. The molecule has 0 radical (unpaired) electrons. The third kappa shape index (κ3) is 6.07. The van der Waals surface area contributed by atoms with Crippen molar-refractivity contribution < 1.29 is 22.6 Å². The number of rotatable bonds is 9. The summed E-state index contributed by atoms with van der Waals surface area (Å²) < 4.78 is 55.3. The van der Waals surface area contributed by atoms with E-state index in [4.69, 9.17) is 9.47 Å². The van der Waals surface area contributed by atoms with Crippen LogP contribution in [-0.2, 0) is 17.6 Å². The second kappa shape index (κ2) is 11.8. The van der Waals surface area contributed by atoms with Crippen molar-refractivity contribution in [2.24, 2.45) is 0 Å². The number of halogens is 3. The molecule has 186 valence electrons. The van der Waals surface area contributed by atoms with Crippen LogP contribution in [0.15, 0.2) is 54.6 Å². The molecule has 0 atom stereocenters. The summed E-state index contributed by atoms with van der Waals surface area (Å²) in [5.41, 5.74) is 3.12. The van der Waals surface area contributed by atoms with E-state index < -0.39 is 11.6 Å². The minimum absolute atomic E-state index is 0.0470. The SMILES string of the molecule is CCOc1ccc(-c2ccc(CCc3ccc(C4CCC(OCC)CC4)c(F)c3F)cc2)c(F)c1. The van der Waals surface area contributed by atoms with Crippen LogP contribution in [-0.4, -0.2) is 19.3 Å². The minimum atomic E-state index is -0.734. The highest BCUT2D eigenvalue weighted by atomic mass is 19.2. The molecule has 0 saturated heterocycles. The molecule has 0 aliphatic heterocycles. The Bertz CT molecular complexity index is 1120. The second-order valence-electron chi connectivity index (χ2n) is 9.14. The van der Waals surface area contributed by atoms with Gasteiger partial charge in [-0.1, -0.05) is 36.4 Å². The third-order valence-electron chi connectivity index (χ3n) is 6.91. The maximum atomic E-state index is 14.9. The lowest BCUT2D eigenvalue weighted by molar-refractivity contribution is 0.0325. The van der Waals surface area contributed by atoms with Gasteiger partial charge in [-0.3, -0.25) is 0 Å². The van der Waals surface area contributed by atoms with Gasteiger partial charge in [0.1, 0.15) is 11.6 Å². The van der Waals surface area contributed by atoms with Gasteiger partial charge < -0.3 is 9.47 Å². The molecule has 3 aromatic rings. The Morgan fingerprint density at radius 2 is 1.51 bits per heavy atom. The Kier molecular flexibility index (Phi) is 8.50. The lowest BCUT2D eigenvalue weighted by atomic mass is 9.82. The van der Waals surface area contributed by atoms with Gasteiger partial charge in [0, 0.05) is 18.2 Å². The van der Waals surface area contributed by atoms with Crippen LogP contribution < -0.4 is 4.74 Å². The molecule has 35 heavy (non-hydrogen) atoms. The molecule has 0 amide bonds. The lowest BCUT2D eigenvalue weighted by Gasteiger charge is -2.29. The Morgan fingerprint density at radius 1 is 0.771 bits per heavy atom. The summed E-state index contributed by atoms with van der Waals surface area (Å²) in [4.78, 5) is 0. The van der Waals surface area contributed by atoms with Crippen molar-refractivity contribution in [3.63, 3.8) is 0 Å². The first-order chi connectivity index (χ1) is 17.0. The first-order valence-corrected chi connectivity index (χ1v) is 12.6. The summed E-state index contributed by atoms with van der Waals surface area (Å²) in [5.74, 6) is -1.23. The van der Waals surface area contributed by atoms with E-state index in [1.54, 1.807) is 24.3 Å². The number of ether oxygens (including phenoxy) is 2. The summed E-state index contributed by atoms with van der Waals surface area (Å²) in [7, 11) is 0. The molecule has 0 heterocycles. The maximum Gasteiger partial charge on any atom is 0.162 e. The molecule has 1 aliphatic rings. The van der Waals surface area contributed by atoms with Crippen molar-refractivity contribution >= 4 is 0 Å². The Balaban J connectivity index is 1.39. The van der Waals surface area contributed by atoms with Crippen molar-refractivity contribution in [3.8, 4) is 16.9 Å².